The van der Waals surface area contributed by atoms with E-state index in [-0.39, 0.29) is 29.8 Å². The molecule has 1 saturated heterocycles. The maximum atomic E-state index is 12.3. The molecule has 1 N–H and O–H groups in total. The van der Waals surface area contributed by atoms with Crippen molar-refractivity contribution in [1.29, 1.82) is 0 Å². The van der Waals surface area contributed by atoms with Crippen molar-refractivity contribution in [2.45, 2.75) is 72.2 Å². The minimum atomic E-state index is -0.483. The molecule has 11 heteroatoms. The van der Waals surface area contributed by atoms with Crippen molar-refractivity contribution in [3.63, 3.8) is 0 Å². The Morgan fingerprint density at radius 3 is 1.91 bits per heavy atom. The molecule has 43 heavy (non-hydrogen) atoms. The largest absolute Gasteiger partial charge is 0.444 e. The van der Waals surface area contributed by atoms with Gasteiger partial charge in [-0.1, -0.05) is 0 Å². The number of amides is 1. The lowest BCUT2D eigenvalue weighted by molar-refractivity contribution is -0.108. The van der Waals surface area contributed by atoms with Gasteiger partial charge in [0.25, 0.3) is 11.1 Å². The van der Waals surface area contributed by atoms with Crippen LogP contribution in [0, 0.1) is 13.8 Å². The maximum Gasteiger partial charge on any atom is 0.407 e. The molecule has 0 aromatic carbocycles. The molecule has 1 fully saturated rings. The van der Waals surface area contributed by atoms with Gasteiger partial charge in [-0.25, -0.2) is 14.8 Å². The Morgan fingerprint density at radius 1 is 0.860 bits per heavy atom. The SMILES string of the molecule is Cc1ccc2ccc(=O)n(CC=O)c2n1.Cc1ccc2ccc(=O)n(CCN3CCC(NC(=O)OC(C)(C)C)CC3)c2n1. The van der Waals surface area contributed by atoms with Crippen molar-refractivity contribution in [3.05, 3.63) is 80.6 Å². The maximum absolute atomic E-state index is 12.3. The fourth-order valence-electron chi connectivity index (χ4n) is 4.99. The van der Waals surface area contributed by atoms with E-state index in [9.17, 15) is 19.2 Å². The van der Waals surface area contributed by atoms with Gasteiger partial charge in [0.1, 0.15) is 23.2 Å². The number of nitrogens with zero attached hydrogens (tertiary/aromatic N) is 5. The summed E-state index contributed by atoms with van der Waals surface area (Å²) in [5.41, 5.74) is 2.33. The summed E-state index contributed by atoms with van der Waals surface area (Å²) in [6.07, 6.45) is 2.10. The Morgan fingerprint density at radius 2 is 1.37 bits per heavy atom. The summed E-state index contributed by atoms with van der Waals surface area (Å²) in [5.74, 6) is 0. The lowest BCUT2D eigenvalue weighted by Crippen LogP contribution is -2.46. The van der Waals surface area contributed by atoms with E-state index in [0.29, 0.717) is 18.5 Å². The van der Waals surface area contributed by atoms with E-state index in [0.717, 1.165) is 60.3 Å². The molecule has 11 nitrogen and oxygen atoms in total. The van der Waals surface area contributed by atoms with Crippen LogP contribution in [0.15, 0.2) is 58.1 Å². The van der Waals surface area contributed by atoms with Crippen LogP contribution >= 0.6 is 0 Å². The number of hydrogen-bond donors (Lipinski definition) is 1. The molecule has 0 bridgehead atoms. The molecule has 228 valence electrons. The minimum Gasteiger partial charge on any atom is -0.444 e. The van der Waals surface area contributed by atoms with Crippen LogP contribution in [0.4, 0.5) is 4.79 Å². The minimum absolute atomic E-state index is 0.0212. The lowest BCUT2D eigenvalue weighted by atomic mass is 10.1. The first-order valence-corrected chi connectivity index (χ1v) is 14.5. The van der Waals surface area contributed by atoms with E-state index in [1.807, 2.05) is 65.0 Å². The van der Waals surface area contributed by atoms with Crippen LogP contribution in [-0.2, 0) is 22.6 Å². The average Bonchev–Trinajstić information content (AvgIpc) is 2.94. The number of carbonyl (C=O) groups is 2. The molecule has 1 aliphatic rings. The summed E-state index contributed by atoms with van der Waals surface area (Å²) in [6, 6.07) is 14.5. The van der Waals surface area contributed by atoms with E-state index in [1.165, 1.54) is 10.6 Å². The predicted octanol–water partition coefficient (Wildman–Crippen LogP) is 3.60. The number of aromatic nitrogens is 4. The van der Waals surface area contributed by atoms with E-state index in [2.05, 4.69) is 20.2 Å². The summed E-state index contributed by atoms with van der Waals surface area (Å²) < 4.78 is 8.46. The van der Waals surface area contributed by atoms with Gasteiger partial charge in [0, 0.05) is 66.5 Å². The van der Waals surface area contributed by atoms with Crippen LogP contribution in [0.5, 0.6) is 0 Å². The monoisotopic (exact) mass is 588 g/mol. The molecular weight excluding hydrogens is 548 g/mol. The molecule has 1 amide bonds. The summed E-state index contributed by atoms with van der Waals surface area (Å²) >= 11 is 0. The fourth-order valence-corrected chi connectivity index (χ4v) is 4.99. The number of pyridine rings is 4. The Balaban J connectivity index is 0.000000237. The molecule has 0 radical (unpaired) electrons. The molecule has 0 saturated carbocycles. The number of nitrogens with one attached hydrogen (secondary N) is 1. The second-order valence-corrected chi connectivity index (χ2v) is 11.8. The highest BCUT2D eigenvalue weighted by Crippen LogP contribution is 2.14. The van der Waals surface area contributed by atoms with Crippen LogP contribution in [0.1, 0.15) is 45.0 Å². The number of alkyl carbamates (subject to hydrolysis) is 1. The van der Waals surface area contributed by atoms with Gasteiger partial charge in [-0.05, 0) is 83.9 Å². The van der Waals surface area contributed by atoms with Gasteiger partial charge in [-0.3, -0.25) is 18.7 Å². The number of ether oxygens (including phenoxy) is 1. The fraction of sp³-hybridized carbons (Fsp3) is 0.438. The second-order valence-electron chi connectivity index (χ2n) is 11.8. The lowest BCUT2D eigenvalue weighted by Gasteiger charge is -2.32. The molecule has 4 aromatic rings. The predicted molar refractivity (Wildman–Crippen MR) is 166 cm³/mol. The molecule has 0 atom stereocenters. The summed E-state index contributed by atoms with van der Waals surface area (Å²) in [6.45, 7) is 12.6. The van der Waals surface area contributed by atoms with E-state index in [1.54, 1.807) is 16.7 Å². The average molecular weight is 589 g/mol. The number of rotatable bonds is 6. The molecule has 0 spiro atoms. The third-order valence-electron chi connectivity index (χ3n) is 7.15. The van der Waals surface area contributed by atoms with Crippen LogP contribution in [0.3, 0.4) is 0 Å². The first kappa shape index (κ1) is 31.6. The third-order valence-corrected chi connectivity index (χ3v) is 7.15. The number of piperidine rings is 1. The third kappa shape index (κ3) is 8.57. The highest BCUT2D eigenvalue weighted by atomic mass is 16.6. The molecule has 1 aliphatic heterocycles. The second kappa shape index (κ2) is 13.7. The summed E-state index contributed by atoms with van der Waals surface area (Å²) in [4.78, 5) is 57.4. The quantitative estimate of drug-likeness (QED) is 0.339. The van der Waals surface area contributed by atoms with Crippen LogP contribution in [0.2, 0.25) is 0 Å². The molecule has 5 heterocycles. The number of likely N-dealkylation sites (tertiary alicyclic amines) is 1. The Labute approximate surface area is 250 Å². The van der Waals surface area contributed by atoms with Crippen molar-refractivity contribution < 1.29 is 14.3 Å². The van der Waals surface area contributed by atoms with Crippen LogP contribution in [0.25, 0.3) is 22.1 Å². The Bertz CT molecular complexity index is 1710. The topological polar surface area (TPSA) is 128 Å². The zero-order chi connectivity index (χ0) is 31.1. The normalized spacial score (nSPS) is 14.3. The van der Waals surface area contributed by atoms with Gasteiger partial charge in [0.05, 0.1) is 6.54 Å². The zero-order valence-corrected chi connectivity index (χ0v) is 25.5. The van der Waals surface area contributed by atoms with Crippen molar-refractivity contribution in [1.82, 2.24) is 29.3 Å². The number of aryl methyl sites for hydroxylation is 2. The van der Waals surface area contributed by atoms with Crippen molar-refractivity contribution in [2.24, 2.45) is 0 Å². The molecule has 0 unspecified atom stereocenters. The van der Waals surface area contributed by atoms with Gasteiger partial charge in [-0.15, -0.1) is 0 Å². The molecule has 4 aromatic heterocycles. The van der Waals surface area contributed by atoms with E-state index in [4.69, 9.17) is 4.74 Å². The number of aldehydes is 1. The first-order chi connectivity index (χ1) is 20.4. The highest BCUT2D eigenvalue weighted by molar-refractivity contribution is 5.76. The van der Waals surface area contributed by atoms with Crippen molar-refractivity contribution in [3.8, 4) is 0 Å². The summed E-state index contributed by atoms with van der Waals surface area (Å²) in [7, 11) is 0. The van der Waals surface area contributed by atoms with E-state index < -0.39 is 5.60 Å². The standard InChI is InChI=1S/C21H30N4O3.C11H10N2O2/c1-15-5-6-16-7-8-18(26)25(19(16)22-15)14-13-24-11-9-17(10-12-24)23-20(27)28-21(2,3)4;1-8-2-3-9-4-5-10(15)13(6-7-14)11(9)12-8/h5-8,17H,9-14H2,1-4H3,(H,23,27);2-5,7H,6H2,1H3. The van der Waals surface area contributed by atoms with Gasteiger partial charge in [0.15, 0.2) is 0 Å². The number of fused-ring (bicyclic) bond motifs is 2. The molecule has 5 rings (SSSR count). The van der Waals surface area contributed by atoms with Gasteiger partial charge in [-0.2, -0.15) is 0 Å². The number of hydrogen-bond acceptors (Lipinski definition) is 8. The highest BCUT2D eigenvalue weighted by Gasteiger charge is 2.23. The van der Waals surface area contributed by atoms with Crippen LogP contribution in [-0.4, -0.2) is 67.7 Å². The first-order valence-electron chi connectivity index (χ1n) is 14.5. The Hall–Kier alpha value is -4.38. The van der Waals surface area contributed by atoms with Gasteiger partial charge >= 0.3 is 6.09 Å². The smallest absolute Gasteiger partial charge is 0.407 e. The van der Waals surface area contributed by atoms with Crippen LogP contribution < -0.4 is 16.4 Å². The molecule has 0 aliphatic carbocycles. The molecular formula is C32H40N6O5. The van der Waals surface area contributed by atoms with Gasteiger partial charge < -0.3 is 19.7 Å². The van der Waals surface area contributed by atoms with Crippen molar-refractivity contribution >= 4 is 34.4 Å². The van der Waals surface area contributed by atoms with E-state index >= 15 is 0 Å². The van der Waals surface area contributed by atoms with Crippen molar-refractivity contribution in [2.75, 3.05) is 19.6 Å². The Kier molecular flexibility index (Phi) is 10.1. The van der Waals surface area contributed by atoms with Gasteiger partial charge in [0.2, 0.25) is 0 Å². The summed E-state index contributed by atoms with van der Waals surface area (Å²) in [5, 5.41) is 4.80. The zero-order valence-electron chi connectivity index (χ0n) is 25.5. The number of carbonyl (C=O) groups excluding carboxylic acids is 2.